The Morgan fingerprint density at radius 1 is 1.07 bits per heavy atom. The number of urea groups is 1. The highest BCUT2D eigenvalue weighted by Gasteiger charge is 2.31. The second-order valence-electron chi connectivity index (χ2n) is 7.73. The maximum Gasteiger partial charge on any atom is 0.321 e. The number of rotatable bonds is 6. The Morgan fingerprint density at radius 3 is 2.14 bits per heavy atom. The van der Waals surface area contributed by atoms with Crippen LogP contribution in [0.4, 0.5) is 4.79 Å². The van der Waals surface area contributed by atoms with Crippen LogP contribution in [0.1, 0.15) is 39.2 Å². The van der Waals surface area contributed by atoms with Crippen molar-refractivity contribution in [2.24, 2.45) is 0 Å². The third-order valence-corrected chi connectivity index (χ3v) is 6.61. The Balaban J connectivity index is 1.88. The first-order valence-electron chi connectivity index (χ1n) is 9.63. The molecule has 0 aromatic heterocycles. The molecule has 0 bridgehead atoms. The summed E-state index contributed by atoms with van der Waals surface area (Å²) in [5.74, 6) is -0.0219. The van der Waals surface area contributed by atoms with Gasteiger partial charge < -0.3 is 10.2 Å². The molecule has 0 aliphatic carbocycles. The zero-order valence-corrected chi connectivity index (χ0v) is 17.8. The first kappa shape index (κ1) is 22.3. The maximum absolute atomic E-state index is 12.8. The molecule has 1 aromatic carbocycles. The van der Waals surface area contributed by atoms with Gasteiger partial charge in [0.25, 0.3) is 5.91 Å². The number of benzene rings is 1. The van der Waals surface area contributed by atoms with Crippen molar-refractivity contribution in [1.82, 2.24) is 14.9 Å². The second-order valence-corrected chi connectivity index (χ2v) is 9.67. The molecule has 28 heavy (non-hydrogen) atoms. The molecule has 0 unspecified atom stereocenters. The van der Waals surface area contributed by atoms with Crippen molar-refractivity contribution in [3.63, 3.8) is 0 Å². The molecular formula is C19H31N4O4S+. The van der Waals surface area contributed by atoms with Gasteiger partial charge in [0.15, 0.2) is 6.54 Å². The van der Waals surface area contributed by atoms with Crippen molar-refractivity contribution in [3.05, 3.63) is 29.8 Å². The number of sulfonamides is 1. The fraction of sp³-hybridized carbons (Fsp3) is 0.579. The number of quaternary nitrogens is 1. The van der Waals surface area contributed by atoms with Crippen molar-refractivity contribution >= 4 is 22.0 Å². The SMILES string of the molecule is CC(C)NC(=O)NC(=O)C[NH+]1CCN(S(=O)(=O)c2ccc(C(C)C)cc2)CC1. The molecule has 1 heterocycles. The van der Waals surface area contributed by atoms with E-state index in [1.807, 2.05) is 26.0 Å². The molecule has 1 saturated heterocycles. The van der Waals surface area contributed by atoms with E-state index in [1.165, 1.54) is 4.31 Å². The molecule has 0 spiro atoms. The highest BCUT2D eigenvalue weighted by atomic mass is 32.2. The summed E-state index contributed by atoms with van der Waals surface area (Å²) in [5, 5.41) is 4.90. The monoisotopic (exact) mass is 411 g/mol. The van der Waals surface area contributed by atoms with Crippen molar-refractivity contribution in [3.8, 4) is 0 Å². The molecule has 9 heteroatoms. The summed E-state index contributed by atoms with van der Waals surface area (Å²) in [6.45, 7) is 9.61. The van der Waals surface area contributed by atoms with E-state index in [9.17, 15) is 18.0 Å². The van der Waals surface area contributed by atoms with E-state index >= 15 is 0 Å². The number of nitrogens with zero attached hydrogens (tertiary/aromatic N) is 1. The van der Waals surface area contributed by atoms with Crippen molar-refractivity contribution < 1.29 is 22.9 Å². The van der Waals surface area contributed by atoms with Gasteiger partial charge in [0.05, 0.1) is 31.1 Å². The van der Waals surface area contributed by atoms with E-state index in [0.717, 1.165) is 10.5 Å². The number of nitrogens with one attached hydrogen (secondary N) is 3. The van der Waals surface area contributed by atoms with Crippen LogP contribution >= 0.6 is 0 Å². The predicted octanol–water partition coefficient (Wildman–Crippen LogP) is -0.0666. The van der Waals surface area contributed by atoms with Crippen LogP contribution in [0.2, 0.25) is 0 Å². The third kappa shape index (κ3) is 6.02. The van der Waals surface area contributed by atoms with Crippen LogP contribution in [0.15, 0.2) is 29.2 Å². The fourth-order valence-corrected chi connectivity index (χ4v) is 4.53. The molecule has 156 valence electrons. The first-order chi connectivity index (χ1) is 13.1. The number of hydrogen-bond acceptors (Lipinski definition) is 4. The first-order valence-corrected chi connectivity index (χ1v) is 11.1. The zero-order chi connectivity index (χ0) is 20.9. The highest BCUT2D eigenvalue weighted by Crippen LogP contribution is 2.20. The summed E-state index contributed by atoms with van der Waals surface area (Å²) in [4.78, 5) is 24.8. The Kier molecular flexibility index (Phi) is 7.56. The quantitative estimate of drug-likeness (QED) is 0.610. The minimum absolute atomic E-state index is 0.0523. The Hall–Kier alpha value is -1.97. The summed E-state index contributed by atoms with van der Waals surface area (Å²) >= 11 is 0. The van der Waals surface area contributed by atoms with Crippen molar-refractivity contribution in [1.29, 1.82) is 0 Å². The number of hydrogen-bond donors (Lipinski definition) is 3. The molecule has 1 aliphatic rings. The van der Waals surface area contributed by atoms with Crippen LogP contribution < -0.4 is 15.5 Å². The topological polar surface area (TPSA) is 100 Å². The largest absolute Gasteiger partial charge is 0.336 e. The van der Waals surface area contributed by atoms with Crippen LogP contribution in [0.3, 0.4) is 0 Å². The summed E-state index contributed by atoms with van der Waals surface area (Å²) in [5.41, 5.74) is 1.10. The lowest BCUT2D eigenvalue weighted by Crippen LogP contribution is -3.15. The normalized spacial score (nSPS) is 16.4. The lowest BCUT2D eigenvalue weighted by molar-refractivity contribution is -0.895. The van der Waals surface area contributed by atoms with Crippen LogP contribution in [-0.4, -0.2) is 63.4 Å². The van der Waals surface area contributed by atoms with Gasteiger partial charge in [-0.05, 0) is 37.5 Å². The van der Waals surface area contributed by atoms with Crippen molar-refractivity contribution in [2.45, 2.75) is 44.6 Å². The van der Waals surface area contributed by atoms with Gasteiger partial charge in [0.1, 0.15) is 0 Å². The number of imide groups is 1. The van der Waals surface area contributed by atoms with E-state index < -0.39 is 16.1 Å². The summed E-state index contributed by atoms with van der Waals surface area (Å²) in [7, 11) is -3.53. The minimum atomic E-state index is -3.53. The smallest absolute Gasteiger partial charge is 0.321 e. The number of piperazine rings is 1. The molecule has 8 nitrogen and oxygen atoms in total. The lowest BCUT2D eigenvalue weighted by Gasteiger charge is -2.31. The highest BCUT2D eigenvalue weighted by molar-refractivity contribution is 7.89. The van der Waals surface area contributed by atoms with Gasteiger partial charge in [-0.15, -0.1) is 0 Å². The number of carbonyl (C=O) groups excluding carboxylic acids is 2. The van der Waals surface area contributed by atoms with Crippen LogP contribution in [-0.2, 0) is 14.8 Å². The molecule has 0 atom stereocenters. The zero-order valence-electron chi connectivity index (χ0n) is 17.0. The second kappa shape index (κ2) is 9.49. The fourth-order valence-electron chi connectivity index (χ4n) is 3.09. The Labute approximate surface area is 167 Å². The van der Waals surface area contributed by atoms with E-state index in [0.29, 0.717) is 37.0 Å². The molecule has 0 radical (unpaired) electrons. The van der Waals surface area contributed by atoms with E-state index in [-0.39, 0.29) is 18.5 Å². The summed E-state index contributed by atoms with van der Waals surface area (Å²) in [6.07, 6.45) is 0. The van der Waals surface area contributed by atoms with Gasteiger partial charge in [0.2, 0.25) is 10.0 Å². The van der Waals surface area contributed by atoms with Gasteiger partial charge in [-0.2, -0.15) is 4.31 Å². The van der Waals surface area contributed by atoms with E-state index in [2.05, 4.69) is 24.5 Å². The van der Waals surface area contributed by atoms with Crippen LogP contribution in [0, 0.1) is 0 Å². The van der Waals surface area contributed by atoms with E-state index in [4.69, 9.17) is 0 Å². The Bertz CT molecular complexity index is 783. The molecular weight excluding hydrogens is 380 g/mol. The molecule has 3 amide bonds. The van der Waals surface area contributed by atoms with Gasteiger partial charge in [-0.25, -0.2) is 13.2 Å². The average Bonchev–Trinajstić information content (AvgIpc) is 2.61. The van der Waals surface area contributed by atoms with Crippen LogP contribution in [0.25, 0.3) is 0 Å². The van der Waals surface area contributed by atoms with Gasteiger partial charge in [-0.1, -0.05) is 26.0 Å². The maximum atomic E-state index is 12.8. The molecule has 1 fully saturated rings. The molecule has 2 rings (SSSR count). The van der Waals surface area contributed by atoms with Gasteiger partial charge >= 0.3 is 6.03 Å². The summed E-state index contributed by atoms with van der Waals surface area (Å²) < 4.78 is 27.1. The standard InChI is InChI=1S/C19H30N4O4S/c1-14(2)16-5-7-17(8-6-16)28(26,27)23-11-9-22(10-12-23)13-18(24)21-19(25)20-15(3)4/h5-8,14-15H,9-13H2,1-4H3,(H2,20,21,24,25)/p+1. The van der Waals surface area contributed by atoms with Gasteiger partial charge in [-0.3, -0.25) is 10.1 Å². The minimum Gasteiger partial charge on any atom is -0.336 e. The van der Waals surface area contributed by atoms with Crippen LogP contribution in [0.5, 0.6) is 0 Å². The Morgan fingerprint density at radius 2 is 1.64 bits per heavy atom. The number of amides is 3. The summed E-state index contributed by atoms with van der Waals surface area (Å²) in [6, 6.07) is 6.46. The predicted molar refractivity (Wildman–Crippen MR) is 107 cm³/mol. The lowest BCUT2D eigenvalue weighted by atomic mass is 10.0. The van der Waals surface area contributed by atoms with E-state index in [1.54, 1.807) is 12.1 Å². The average molecular weight is 412 g/mol. The number of carbonyl (C=O) groups is 2. The molecule has 1 aromatic rings. The van der Waals surface area contributed by atoms with Crippen molar-refractivity contribution in [2.75, 3.05) is 32.7 Å². The molecule has 3 N–H and O–H groups in total. The third-order valence-electron chi connectivity index (χ3n) is 4.70. The van der Waals surface area contributed by atoms with Gasteiger partial charge in [0, 0.05) is 6.04 Å². The molecule has 1 aliphatic heterocycles. The molecule has 0 saturated carbocycles.